The van der Waals surface area contributed by atoms with Crippen molar-refractivity contribution in [2.24, 2.45) is 0 Å². The molecule has 2 aromatic heterocycles. The number of aryl methyl sites for hydroxylation is 1. The minimum Gasteiger partial charge on any atom is -0.509 e. The van der Waals surface area contributed by atoms with E-state index in [0.717, 1.165) is 50.1 Å². The summed E-state index contributed by atoms with van der Waals surface area (Å²) in [7, 11) is 0. The number of nitrogens with zero attached hydrogens (tertiary/aromatic N) is 4. The SMILES string of the molecule is Cc1cc(C(C)(C)C)ccc1-c1cc(Oc2[c-]c(N3C=CN(c4ccccc4)[CH-]3)ccc2)[c-]c2c1c1ccccc1n2-c1cc(C(C)(C)C)ccn1.[Pt]. The predicted octanol–water partition coefficient (Wildman–Crippen LogP) is 12.1. The van der Waals surface area contributed by atoms with Gasteiger partial charge in [-0.05, 0) is 88.1 Å². The zero-order valence-electron chi connectivity index (χ0n) is 31.2. The van der Waals surface area contributed by atoms with Crippen molar-refractivity contribution in [3.63, 3.8) is 0 Å². The van der Waals surface area contributed by atoms with Crippen LogP contribution >= 0.6 is 0 Å². The Labute approximate surface area is 327 Å². The molecular formula is C47H43N4OPt-3. The van der Waals surface area contributed by atoms with Gasteiger partial charge in [0.05, 0.1) is 0 Å². The zero-order valence-corrected chi connectivity index (χ0v) is 33.5. The van der Waals surface area contributed by atoms with Gasteiger partial charge >= 0.3 is 0 Å². The first-order valence-corrected chi connectivity index (χ1v) is 17.9. The van der Waals surface area contributed by atoms with Crippen LogP contribution < -0.4 is 14.5 Å². The fraction of sp³-hybridized carbons (Fsp3) is 0.191. The summed E-state index contributed by atoms with van der Waals surface area (Å²) < 4.78 is 8.95. The second kappa shape index (κ2) is 14.0. The first kappa shape index (κ1) is 36.2. The molecule has 8 rings (SSSR count). The van der Waals surface area contributed by atoms with Gasteiger partial charge in [-0.25, -0.2) is 4.98 Å². The van der Waals surface area contributed by atoms with Crippen molar-refractivity contribution in [3.8, 4) is 28.4 Å². The summed E-state index contributed by atoms with van der Waals surface area (Å²) in [4.78, 5) is 9.06. The quantitative estimate of drug-likeness (QED) is 0.156. The first-order chi connectivity index (χ1) is 24.9. The molecule has 7 aromatic rings. The number of hydrogen-bond acceptors (Lipinski definition) is 4. The molecule has 0 unspecified atom stereocenters. The summed E-state index contributed by atoms with van der Waals surface area (Å²) in [6.07, 6.45) is 5.98. The van der Waals surface area contributed by atoms with Crippen molar-refractivity contribution in [1.82, 2.24) is 9.55 Å². The van der Waals surface area contributed by atoms with E-state index in [-0.39, 0.29) is 31.9 Å². The molecule has 0 bridgehead atoms. The number of para-hydroxylation sites is 2. The third-order valence-electron chi connectivity index (χ3n) is 9.83. The van der Waals surface area contributed by atoms with E-state index in [1.807, 2.05) is 66.6 Å². The summed E-state index contributed by atoms with van der Waals surface area (Å²) in [6, 6.07) is 45.3. The first-order valence-electron chi connectivity index (χ1n) is 17.9. The number of fused-ring (bicyclic) bond motifs is 3. The van der Waals surface area contributed by atoms with Gasteiger partial charge in [0.15, 0.2) is 0 Å². The monoisotopic (exact) mass is 874 g/mol. The van der Waals surface area contributed by atoms with Gasteiger partial charge in [0.2, 0.25) is 0 Å². The number of ether oxygens (including phenoxy) is 1. The van der Waals surface area contributed by atoms with E-state index in [0.29, 0.717) is 11.5 Å². The predicted molar refractivity (Wildman–Crippen MR) is 215 cm³/mol. The molecule has 0 saturated carbocycles. The van der Waals surface area contributed by atoms with E-state index in [2.05, 4.69) is 143 Å². The van der Waals surface area contributed by atoms with Gasteiger partial charge < -0.3 is 19.1 Å². The van der Waals surface area contributed by atoms with Crippen LogP contribution in [0.15, 0.2) is 128 Å². The number of aromatic nitrogens is 2. The molecule has 0 radical (unpaired) electrons. The molecule has 3 heterocycles. The second-order valence-electron chi connectivity index (χ2n) is 15.6. The van der Waals surface area contributed by atoms with E-state index in [1.54, 1.807) is 0 Å². The molecule has 0 aliphatic carbocycles. The van der Waals surface area contributed by atoms with Crippen LogP contribution in [0.1, 0.15) is 58.2 Å². The molecule has 270 valence electrons. The van der Waals surface area contributed by atoms with Crippen LogP contribution in [-0.2, 0) is 31.9 Å². The molecule has 0 N–H and O–H groups in total. The molecule has 5 aromatic carbocycles. The molecule has 0 fully saturated rings. The normalized spacial score (nSPS) is 13.2. The maximum absolute atomic E-state index is 6.72. The Bertz CT molecular complexity index is 2470. The minimum absolute atomic E-state index is 0. The standard InChI is InChI=1S/C47H43N4O.Pt/c1-32-26-33(46(2,3)4)20-21-39(32)41-29-38(52-37-17-13-16-36(28-37)50-25-24-49(31-50)35-14-9-8-10-15-35)30-43-45(41)40-18-11-12-19-42(40)51(43)44-27-34(22-23-48-44)47(5,6)7;/h8-27,29,31H,1-7H3;/q-3;. The largest absolute Gasteiger partial charge is 0.509 e. The number of benzene rings is 5. The van der Waals surface area contributed by atoms with E-state index < -0.39 is 0 Å². The van der Waals surface area contributed by atoms with Crippen molar-refractivity contribution >= 4 is 33.2 Å². The van der Waals surface area contributed by atoms with Gasteiger partial charge in [-0.1, -0.05) is 107 Å². The van der Waals surface area contributed by atoms with Crippen LogP contribution in [0.4, 0.5) is 11.4 Å². The van der Waals surface area contributed by atoms with Crippen molar-refractivity contribution in [2.75, 3.05) is 9.80 Å². The Balaban J connectivity index is 0.00000435. The van der Waals surface area contributed by atoms with Gasteiger partial charge in [0.1, 0.15) is 5.82 Å². The molecule has 0 atom stereocenters. The van der Waals surface area contributed by atoms with Crippen LogP contribution in [0.3, 0.4) is 0 Å². The number of pyridine rings is 1. The minimum atomic E-state index is -0.0353. The molecule has 0 saturated heterocycles. The maximum atomic E-state index is 6.72. The number of hydrogen-bond donors (Lipinski definition) is 0. The van der Waals surface area contributed by atoms with Crippen LogP contribution in [-0.4, -0.2) is 9.55 Å². The smallest absolute Gasteiger partial charge is 0.135 e. The molecule has 5 nitrogen and oxygen atoms in total. The summed E-state index contributed by atoms with van der Waals surface area (Å²) in [5.74, 6) is 2.07. The summed E-state index contributed by atoms with van der Waals surface area (Å²) in [6.45, 7) is 17.7. The van der Waals surface area contributed by atoms with E-state index in [1.165, 1.54) is 16.7 Å². The van der Waals surface area contributed by atoms with Crippen LogP contribution in [0, 0.1) is 25.7 Å². The Morgan fingerprint density at radius 2 is 1.38 bits per heavy atom. The van der Waals surface area contributed by atoms with Crippen LogP contribution in [0.5, 0.6) is 11.5 Å². The molecule has 0 amide bonds. The molecule has 1 aliphatic heterocycles. The van der Waals surface area contributed by atoms with Crippen molar-refractivity contribution in [2.45, 2.75) is 59.3 Å². The van der Waals surface area contributed by atoms with Crippen molar-refractivity contribution in [1.29, 1.82) is 0 Å². The Morgan fingerprint density at radius 1 is 0.660 bits per heavy atom. The zero-order chi connectivity index (χ0) is 36.2. The average molecular weight is 875 g/mol. The molecule has 53 heavy (non-hydrogen) atoms. The van der Waals surface area contributed by atoms with E-state index >= 15 is 0 Å². The van der Waals surface area contributed by atoms with Gasteiger partial charge in [-0.2, -0.15) is 6.07 Å². The Morgan fingerprint density at radius 3 is 2.13 bits per heavy atom. The Hall–Kier alpha value is -5.12. The second-order valence-corrected chi connectivity index (χ2v) is 15.6. The summed E-state index contributed by atoms with van der Waals surface area (Å²) >= 11 is 0. The van der Waals surface area contributed by atoms with Crippen LogP contribution in [0.25, 0.3) is 38.8 Å². The maximum Gasteiger partial charge on any atom is 0.135 e. The summed E-state index contributed by atoms with van der Waals surface area (Å²) in [5.41, 5.74) is 9.94. The van der Waals surface area contributed by atoms with Crippen molar-refractivity contribution < 1.29 is 25.8 Å². The average Bonchev–Trinajstić information content (AvgIpc) is 3.75. The number of rotatable bonds is 6. The van der Waals surface area contributed by atoms with E-state index in [9.17, 15) is 0 Å². The summed E-state index contributed by atoms with van der Waals surface area (Å²) in [5, 5.41) is 2.26. The number of anilines is 2. The fourth-order valence-electron chi connectivity index (χ4n) is 6.95. The van der Waals surface area contributed by atoms with Gasteiger partial charge in [0, 0.05) is 50.0 Å². The molecular weight excluding hydrogens is 832 g/mol. The van der Waals surface area contributed by atoms with Gasteiger partial charge in [0.25, 0.3) is 0 Å². The van der Waals surface area contributed by atoms with Crippen molar-refractivity contribution in [3.05, 3.63) is 163 Å². The molecule has 0 spiro atoms. The van der Waals surface area contributed by atoms with Gasteiger partial charge in [-0.15, -0.1) is 48.3 Å². The van der Waals surface area contributed by atoms with E-state index in [4.69, 9.17) is 9.72 Å². The molecule has 6 heteroatoms. The molecule has 1 aliphatic rings. The third kappa shape index (κ3) is 7.03. The Kier molecular flexibility index (Phi) is 9.59. The fourth-order valence-corrected chi connectivity index (χ4v) is 6.95. The van der Waals surface area contributed by atoms with Crippen LogP contribution in [0.2, 0.25) is 0 Å². The third-order valence-corrected chi connectivity index (χ3v) is 9.83. The topological polar surface area (TPSA) is 33.5 Å². The van der Waals surface area contributed by atoms with Gasteiger partial charge in [-0.3, -0.25) is 0 Å².